The molecule has 19 heavy (non-hydrogen) atoms. The summed E-state index contributed by atoms with van der Waals surface area (Å²) in [5.74, 6) is 0.529. The number of carbonyl (C=O) groups is 1. The number of allylic oxidation sites excluding steroid dienone is 1. The normalized spacial score (nSPS) is 20.9. The van der Waals surface area contributed by atoms with Crippen LogP contribution < -0.4 is 0 Å². The van der Waals surface area contributed by atoms with Crippen LogP contribution in [0.5, 0.6) is 0 Å². The van der Waals surface area contributed by atoms with Crippen LogP contribution in [0, 0.1) is 12.8 Å². The van der Waals surface area contributed by atoms with Gasteiger partial charge in [-0.2, -0.15) is 0 Å². The Morgan fingerprint density at radius 3 is 2.47 bits per heavy atom. The van der Waals surface area contributed by atoms with E-state index in [1.165, 1.54) is 5.56 Å². The van der Waals surface area contributed by atoms with Gasteiger partial charge in [0.1, 0.15) is 0 Å². The van der Waals surface area contributed by atoms with Gasteiger partial charge in [0.15, 0.2) is 5.78 Å². The van der Waals surface area contributed by atoms with Gasteiger partial charge in [-0.3, -0.25) is 4.79 Å². The maximum atomic E-state index is 12.2. The number of halogens is 1. The summed E-state index contributed by atoms with van der Waals surface area (Å²) in [5, 5.41) is 0. The van der Waals surface area contributed by atoms with Gasteiger partial charge < -0.3 is 4.90 Å². The molecule has 0 aromatic heterocycles. The summed E-state index contributed by atoms with van der Waals surface area (Å²) >= 11 is 0. The molecule has 3 heteroatoms. The fourth-order valence-electron chi connectivity index (χ4n) is 2.47. The first-order valence-electron chi connectivity index (χ1n) is 6.52. The van der Waals surface area contributed by atoms with Gasteiger partial charge in [0.05, 0.1) is 0 Å². The second kappa shape index (κ2) is 6.88. The SMILES string of the molecule is Cc1ccc(C=C2CCC(CN(C)C)C2=O)cc1.Cl. The lowest BCUT2D eigenvalue weighted by molar-refractivity contribution is -0.118. The molecule has 0 aliphatic heterocycles. The van der Waals surface area contributed by atoms with Crippen molar-refractivity contribution in [3.05, 3.63) is 41.0 Å². The van der Waals surface area contributed by atoms with E-state index < -0.39 is 0 Å². The Morgan fingerprint density at radius 2 is 1.89 bits per heavy atom. The molecule has 1 unspecified atom stereocenters. The van der Waals surface area contributed by atoms with E-state index in [9.17, 15) is 4.79 Å². The van der Waals surface area contributed by atoms with Gasteiger partial charge in [-0.25, -0.2) is 0 Å². The topological polar surface area (TPSA) is 20.3 Å². The minimum absolute atomic E-state index is 0. The minimum atomic E-state index is 0. The Labute approximate surface area is 121 Å². The minimum Gasteiger partial charge on any atom is -0.309 e. The number of nitrogens with zero attached hydrogens (tertiary/aromatic N) is 1. The van der Waals surface area contributed by atoms with Gasteiger partial charge in [0.25, 0.3) is 0 Å². The van der Waals surface area contributed by atoms with Crippen molar-refractivity contribution in [2.45, 2.75) is 19.8 Å². The van der Waals surface area contributed by atoms with E-state index in [-0.39, 0.29) is 18.3 Å². The predicted molar refractivity (Wildman–Crippen MR) is 82.7 cm³/mol. The van der Waals surface area contributed by atoms with Crippen molar-refractivity contribution in [3.63, 3.8) is 0 Å². The average molecular weight is 280 g/mol. The molecule has 1 fully saturated rings. The molecular weight excluding hydrogens is 258 g/mol. The molecule has 1 aliphatic rings. The molecule has 1 atom stereocenters. The highest BCUT2D eigenvalue weighted by atomic mass is 35.5. The van der Waals surface area contributed by atoms with Crippen molar-refractivity contribution in [3.8, 4) is 0 Å². The van der Waals surface area contributed by atoms with Crippen molar-refractivity contribution in [2.24, 2.45) is 5.92 Å². The highest BCUT2D eigenvalue weighted by Gasteiger charge is 2.29. The quantitative estimate of drug-likeness (QED) is 0.791. The van der Waals surface area contributed by atoms with Crippen LogP contribution in [0.4, 0.5) is 0 Å². The lowest BCUT2D eigenvalue weighted by Gasteiger charge is -2.13. The Hall–Kier alpha value is -1.12. The molecule has 0 radical (unpaired) electrons. The number of carbonyl (C=O) groups excluding carboxylic acids is 1. The summed E-state index contributed by atoms with van der Waals surface area (Å²) < 4.78 is 0. The molecule has 1 aliphatic carbocycles. The zero-order chi connectivity index (χ0) is 13.1. The number of Topliss-reactive ketones (excluding diaryl/α,β-unsaturated/α-hetero) is 1. The standard InChI is InChI=1S/C16H21NO.ClH/c1-12-4-6-13(7-5-12)10-14-8-9-15(16(14)18)11-17(2)3;/h4-7,10,15H,8-9,11H2,1-3H3;1H. The summed E-state index contributed by atoms with van der Waals surface area (Å²) in [6.45, 7) is 2.94. The van der Waals surface area contributed by atoms with Crippen molar-refractivity contribution in [2.75, 3.05) is 20.6 Å². The lowest BCUT2D eigenvalue weighted by atomic mass is 10.0. The molecular formula is C16H22ClNO. The van der Waals surface area contributed by atoms with Crippen LogP contribution in [0.25, 0.3) is 6.08 Å². The third kappa shape index (κ3) is 4.19. The second-order valence-corrected chi connectivity index (χ2v) is 5.44. The molecule has 2 nitrogen and oxygen atoms in total. The highest BCUT2D eigenvalue weighted by Crippen LogP contribution is 2.28. The largest absolute Gasteiger partial charge is 0.309 e. The molecule has 0 N–H and O–H groups in total. The molecule has 1 saturated carbocycles. The predicted octanol–water partition coefficient (Wildman–Crippen LogP) is 3.34. The first-order valence-corrected chi connectivity index (χ1v) is 6.52. The second-order valence-electron chi connectivity index (χ2n) is 5.44. The van der Waals surface area contributed by atoms with Crippen LogP contribution >= 0.6 is 12.4 Å². The molecule has 2 rings (SSSR count). The van der Waals surface area contributed by atoms with Gasteiger partial charge in [0, 0.05) is 12.5 Å². The fourth-order valence-corrected chi connectivity index (χ4v) is 2.47. The Bertz CT molecular complexity index is 462. The zero-order valence-electron chi connectivity index (χ0n) is 11.8. The summed E-state index contributed by atoms with van der Waals surface area (Å²) in [6, 6.07) is 8.33. The zero-order valence-corrected chi connectivity index (χ0v) is 12.7. The van der Waals surface area contributed by atoms with Crippen LogP contribution in [0.15, 0.2) is 29.8 Å². The highest BCUT2D eigenvalue weighted by molar-refractivity contribution is 6.03. The van der Waals surface area contributed by atoms with Crippen LogP contribution in [0.2, 0.25) is 0 Å². The van der Waals surface area contributed by atoms with Gasteiger partial charge in [-0.05, 0) is 51.1 Å². The molecule has 0 bridgehead atoms. The number of aryl methyl sites for hydroxylation is 1. The van der Waals surface area contributed by atoms with E-state index in [2.05, 4.69) is 42.2 Å². The van der Waals surface area contributed by atoms with Crippen molar-refractivity contribution < 1.29 is 4.79 Å². The first kappa shape index (κ1) is 15.9. The van der Waals surface area contributed by atoms with Crippen LogP contribution in [-0.4, -0.2) is 31.3 Å². The molecule has 1 aromatic carbocycles. The van der Waals surface area contributed by atoms with E-state index in [4.69, 9.17) is 0 Å². The third-order valence-electron chi connectivity index (χ3n) is 3.45. The fraction of sp³-hybridized carbons (Fsp3) is 0.438. The van der Waals surface area contributed by atoms with E-state index >= 15 is 0 Å². The van der Waals surface area contributed by atoms with E-state index in [1.54, 1.807) is 0 Å². The van der Waals surface area contributed by atoms with Crippen LogP contribution in [0.3, 0.4) is 0 Å². The van der Waals surface area contributed by atoms with Crippen molar-refractivity contribution >= 4 is 24.3 Å². The maximum Gasteiger partial charge on any atom is 0.163 e. The van der Waals surface area contributed by atoms with Gasteiger partial charge >= 0.3 is 0 Å². The van der Waals surface area contributed by atoms with E-state index in [0.29, 0.717) is 5.78 Å². The lowest BCUT2D eigenvalue weighted by Crippen LogP contribution is -2.24. The monoisotopic (exact) mass is 279 g/mol. The average Bonchev–Trinajstić information content (AvgIpc) is 2.64. The molecule has 1 aromatic rings. The summed E-state index contributed by atoms with van der Waals surface area (Å²) in [6.07, 6.45) is 3.97. The van der Waals surface area contributed by atoms with Crippen LogP contribution in [0.1, 0.15) is 24.0 Å². The number of benzene rings is 1. The number of rotatable bonds is 3. The number of hydrogen-bond acceptors (Lipinski definition) is 2. The van der Waals surface area contributed by atoms with Crippen molar-refractivity contribution in [1.29, 1.82) is 0 Å². The van der Waals surface area contributed by atoms with E-state index in [0.717, 1.165) is 30.5 Å². The molecule has 0 heterocycles. The van der Waals surface area contributed by atoms with E-state index in [1.807, 2.05) is 14.1 Å². The summed E-state index contributed by atoms with van der Waals surface area (Å²) in [7, 11) is 4.05. The molecule has 0 saturated heterocycles. The third-order valence-corrected chi connectivity index (χ3v) is 3.45. The van der Waals surface area contributed by atoms with Crippen molar-refractivity contribution in [1.82, 2.24) is 4.90 Å². The molecule has 0 amide bonds. The Kier molecular flexibility index (Phi) is 5.77. The van der Waals surface area contributed by atoms with Gasteiger partial charge in [-0.15, -0.1) is 12.4 Å². The summed E-state index contributed by atoms with van der Waals surface area (Å²) in [4.78, 5) is 14.3. The Balaban J connectivity index is 0.00000180. The van der Waals surface area contributed by atoms with Crippen LogP contribution in [-0.2, 0) is 4.79 Å². The number of ketones is 1. The smallest absolute Gasteiger partial charge is 0.163 e. The first-order chi connectivity index (χ1) is 8.56. The molecule has 0 spiro atoms. The Morgan fingerprint density at radius 1 is 1.26 bits per heavy atom. The van der Waals surface area contributed by atoms with Gasteiger partial charge in [0.2, 0.25) is 0 Å². The van der Waals surface area contributed by atoms with Gasteiger partial charge in [-0.1, -0.05) is 29.8 Å². The number of hydrogen-bond donors (Lipinski definition) is 0. The maximum absolute atomic E-state index is 12.2. The summed E-state index contributed by atoms with van der Waals surface area (Å²) in [5.41, 5.74) is 3.38. The molecule has 104 valence electrons.